The first-order chi connectivity index (χ1) is 11.7. The number of pyridine rings is 1. The van der Waals surface area contributed by atoms with E-state index in [1.54, 1.807) is 23.2 Å². The fourth-order valence-corrected chi connectivity index (χ4v) is 3.25. The van der Waals surface area contributed by atoms with Crippen LogP contribution >= 0.6 is 11.8 Å². The molecule has 24 heavy (non-hydrogen) atoms. The number of fused-ring (bicyclic) bond motifs is 1. The number of carbonyl (C=O) groups is 2. The van der Waals surface area contributed by atoms with Gasteiger partial charge in [0, 0.05) is 19.3 Å². The van der Waals surface area contributed by atoms with Crippen LogP contribution < -0.4 is 0 Å². The summed E-state index contributed by atoms with van der Waals surface area (Å²) in [6, 6.07) is 11.4. The Bertz CT molecular complexity index is 763. The summed E-state index contributed by atoms with van der Waals surface area (Å²) in [5.41, 5.74) is 2.82. The summed E-state index contributed by atoms with van der Waals surface area (Å²) in [5.74, 6) is -0.689. The monoisotopic (exact) mass is 342 g/mol. The molecule has 0 spiro atoms. The minimum Gasteiger partial charge on any atom is -0.452 e. The maximum Gasteiger partial charge on any atom is 0.341 e. The normalized spacial score (nSPS) is 13.3. The third kappa shape index (κ3) is 3.59. The molecule has 1 aliphatic rings. The Kier molecular flexibility index (Phi) is 5.15. The Morgan fingerprint density at radius 3 is 2.79 bits per heavy atom. The molecule has 0 N–H and O–H groups in total. The predicted molar refractivity (Wildman–Crippen MR) is 91.9 cm³/mol. The van der Waals surface area contributed by atoms with E-state index in [0.717, 1.165) is 12.0 Å². The number of ether oxygens (including phenoxy) is 1. The van der Waals surface area contributed by atoms with Crippen LogP contribution in [-0.4, -0.2) is 41.2 Å². The molecule has 0 bridgehead atoms. The largest absolute Gasteiger partial charge is 0.452 e. The van der Waals surface area contributed by atoms with Crippen molar-refractivity contribution < 1.29 is 14.3 Å². The van der Waals surface area contributed by atoms with E-state index in [0.29, 0.717) is 23.7 Å². The van der Waals surface area contributed by atoms with Gasteiger partial charge in [-0.3, -0.25) is 4.79 Å². The first-order valence-electron chi connectivity index (χ1n) is 7.69. The fourth-order valence-electron chi connectivity index (χ4n) is 2.71. The van der Waals surface area contributed by atoms with Crippen LogP contribution in [0.3, 0.4) is 0 Å². The molecular weight excluding hydrogens is 324 g/mol. The zero-order valence-electron chi connectivity index (χ0n) is 13.4. The molecular formula is C18H18N2O3S. The second-order valence-corrected chi connectivity index (χ2v) is 6.27. The smallest absolute Gasteiger partial charge is 0.341 e. The van der Waals surface area contributed by atoms with Gasteiger partial charge in [-0.15, -0.1) is 11.8 Å². The van der Waals surface area contributed by atoms with Gasteiger partial charge in [-0.1, -0.05) is 24.3 Å². The van der Waals surface area contributed by atoms with Crippen molar-refractivity contribution >= 4 is 23.6 Å². The molecule has 0 aliphatic carbocycles. The molecule has 0 unspecified atom stereocenters. The van der Waals surface area contributed by atoms with Crippen LogP contribution in [0.25, 0.3) is 0 Å². The molecule has 0 saturated carbocycles. The van der Waals surface area contributed by atoms with Crippen molar-refractivity contribution in [3.8, 4) is 0 Å². The van der Waals surface area contributed by atoms with Crippen LogP contribution in [0, 0.1) is 0 Å². The van der Waals surface area contributed by atoms with Crippen molar-refractivity contribution in [3.05, 3.63) is 59.3 Å². The first kappa shape index (κ1) is 16.5. The maximum atomic E-state index is 12.3. The highest BCUT2D eigenvalue weighted by atomic mass is 32.2. The highest BCUT2D eigenvalue weighted by Gasteiger charge is 2.22. The lowest BCUT2D eigenvalue weighted by atomic mass is 10.00. The van der Waals surface area contributed by atoms with Gasteiger partial charge in [0.15, 0.2) is 6.61 Å². The molecule has 5 nitrogen and oxygen atoms in total. The van der Waals surface area contributed by atoms with E-state index in [4.69, 9.17) is 4.74 Å². The van der Waals surface area contributed by atoms with Crippen molar-refractivity contribution in [1.29, 1.82) is 0 Å². The van der Waals surface area contributed by atoms with Crippen LogP contribution in [0.2, 0.25) is 0 Å². The minimum atomic E-state index is -0.516. The molecule has 0 atom stereocenters. The van der Waals surface area contributed by atoms with E-state index in [1.807, 2.05) is 24.5 Å². The van der Waals surface area contributed by atoms with Gasteiger partial charge in [0.05, 0.1) is 5.56 Å². The molecule has 1 aromatic carbocycles. The van der Waals surface area contributed by atoms with Crippen molar-refractivity contribution in [2.45, 2.75) is 18.0 Å². The number of rotatable bonds is 4. The standard InChI is InChI=1S/C18H18N2O3S/c1-24-17-15(7-4-9-19-17)18(22)23-12-16(21)20-10-8-13-5-2-3-6-14(13)11-20/h2-7,9H,8,10-12H2,1H3. The molecule has 0 saturated heterocycles. The second-order valence-electron chi connectivity index (χ2n) is 5.47. The van der Waals surface area contributed by atoms with Crippen LogP contribution in [0.5, 0.6) is 0 Å². The summed E-state index contributed by atoms with van der Waals surface area (Å²) in [6.45, 7) is 0.968. The van der Waals surface area contributed by atoms with E-state index >= 15 is 0 Å². The quantitative estimate of drug-likeness (QED) is 0.631. The fraction of sp³-hybridized carbons (Fsp3) is 0.278. The Morgan fingerprint density at radius 2 is 2.00 bits per heavy atom. The highest BCUT2D eigenvalue weighted by Crippen LogP contribution is 2.19. The lowest BCUT2D eigenvalue weighted by molar-refractivity contribution is -0.135. The number of esters is 1. The molecule has 1 amide bonds. The molecule has 6 heteroatoms. The van der Waals surface area contributed by atoms with E-state index in [9.17, 15) is 9.59 Å². The maximum absolute atomic E-state index is 12.3. The second kappa shape index (κ2) is 7.49. The van der Waals surface area contributed by atoms with Crippen LogP contribution in [0.4, 0.5) is 0 Å². The molecule has 2 aromatic rings. The number of aromatic nitrogens is 1. The summed E-state index contributed by atoms with van der Waals surface area (Å²) < 4.78 is 5.19. The first-order valence-corrected chi connectivity index (χ1v) is 8.92. The van der Waals surface area contributed by atoms with E-state index in [2.05, 4.69) is 11.1 Å². The Balaban J connectivity index is 1.59. The summed E-state index contributed by atoms with van der Waals surface area (Å²) in [4.78, 5) is 30.3. The summed E-state index contributed by atoms with van der Waals surface area (Å²) in [5, 5.41) is 0.599. The number of nitrogens with zero attached hydrogens (tertiary/aromatic N) is 2. The van der Waals surface area contributed by atoms with Gasteiger partial charge >= 0.3 is 5.97 Å². The lowest BCUT2D eigenvalue weighted by Gasteiger charge is -2.28. The van der Waals surface area contributed by atoms with Crippen molar-refractivity contribution in [2.24, 2.45) is 0 Å². The van der Waals surface area contributed by atoms with Crippen molar-refractivity contribution in [1.82, 2.24) is 9.88 Å². The molecule has 2 heterocycles. The molecule has 1 aliphatic heterocycles. The van der Waals surface area contributed by atoms with Crippen LogP contribution in [0.15, 0.2) is 47.6 Å². The van der Waals surface area contributed by atoms with Gasteiger partial charge in [0.1, 0.15) is 5.03 Å². The Hall–Kier alpha value is -2.34. The average molecular weight is 342 g/mol. The van der Waals surface area contributed by atoms with Gasteiger partial charge in [0.25, 0.3) is 5.91 Å². The Morgan fingerprint density at radius 1 is 1.21 bits per heavy atom. The zero-order chi connectivity index (χ0) is 16.9. The zero-order valence-corrected chi connectivity index (χ0v) is 14.2. The molecule has 1 aromatic heterocycles. The topological polar surface area (TPSA) is 59.5 Å². The number of benzene rings is 1. The number of amides is 1. The molecule has 124 valence electrons. The molecule has 3 rings (SSSR count). The van der Waals surface area contributed by atoms with Crippen LogP contribution in [0.1, 0.15) is 21.5 Å². The van der Waals surface area contributed by atoms with Gasteiger partial charge in [-0.2, -0.15) is 0 Å². The highest BCUT2D eigenvalue weighted by molar-refractivity contribution is 7.98. The number of thioether (sulfide) groups is 1. The van der Waals surface area contributed by atoms with Gasteiger partial charge in [-0.25, -0.2) is 9.78 Å². The van der Waals surface area contributed by atoms with E-state index in [1.165, 1.54) is 17.3 Å². The molecule has 0 radical (unpaired) electrons. The van der Waals surface area contributed by atoms with Crippen molar-refractivity contribution in [3.63, 3.8) is 0 Å². The van der Waals surface area contributed by atoms with Gasteiger partial charge < -0.3 is 9.64 Å². The summed E-state index contributed by atoms with van der Waals surface area (Å²) in [7, 11) is 0. The van der Waals surface area contributed by atoms with E-state index < -0.39 is 5.97 Å². The third-order valence-electron chi connectivity index (χ3n) is 3.99. The van der Waals surface area contributed by atoms with Crippen LogP contribution in [-0.2, 0) is 22.5 Å². The Labute approximate surface area is 145 Å². The van der Waals surface area contributed by atoms with Gasteiger partial charge in [-0.05, 0) is 35.9 Å². The van der Waals surface area contributed by atoms with E-state index in [-0.39, 0.29) is 12.5 Å². The van der Waals surface area contributed by atoms with Crippen molar-refractivity contribution in [2.75, 3.05) is 19.4 Å². The minimum absolute atomic E-state index is 0.174. The SMILES string of the molecule is CSc1ncccc1C(=O)OCC(=O)N1CCc2ccccc2C1. The summed E-state index contributed by atoms with van der Waals surface area (Å²) in [6.07, 6.45) is 4.30. The third-order valence-corrected chi connectivity index (χ3v) is 4.71. The predicted octanol–water partition coefficient (Wildman–Crippen LogP) is 2.55. The lowest BCUT2D eigenvalue weighted by Crippen LogP contribution is -2.38. The number of hydrogen-bond acceptors (Lipinski definition) is 5. The summed E-state index contributed by atoms with van der Waals surface area (Å²) >= 11 is 1.37. The molecule has 0 fully saturated rings. The average Bonchev–Trinajstić information content (AvgIpc) is 2.65. The number of carbonyl (C=O) groups excluding carboxylic acids is 2. The number of hydrogen-bond donors (Lipinski definition) is 0. The van der Waals surface area contributed by atoms with Gasteiger partial charge in [0.2, 0.25) is 0 Å².